The van der Waals surface area contributed by atoms with E-state index in [0.29, 0.717) is 13.2 Å². The minimum atomic E-state index is -1.00. The number of rotatable bonds is 26. The molecule has 0 aromatic rings. The molecule has 5 heteroatoms. The van der Waals surface area contributed by atoms with E-state index < -0.39 is 17.9 Å². The number of carbonyl (C=O) groups is 2. The Balaban J connectivity index is 3.75. The quantitative estimate of drug-likeness (QED) is 0.0767. The van der Waals surface area contributed by atoms with Crippen molar-refractivity contribution >= 4 is 11.9 Å². The van der Waals surface area contributed by atoms with Gasteiger partial charge >= 0.3 is 11.9 Å². The lowest BCUT2D eigenvalue weighted by Gasteiger charge is -2.14. The molecule has 0 aromatic heterocycles. The monoisotopic (exact) mass is 484 g/mol. The van der Waals surface area contributed by atoms with Crippen LogP contribution in [0.15, 0.2) is 0 Å². The van der Waals surface area contributed by atoms with Crippen LogP contribution in [0.4, 0.5) is 0 Å². The van der Waals surface area contributed by atoms with Gasteiger partial charge in [0, 0.05) is 6.61 Å². The summed E-state index contributed by atoms with van der Waals surface area (Å²) in [6.07, 6.45) is 24.4. The molecule has 0 atom stereocenters. The molecular weight excluding hydrogens is 428 g/mol. The SMILES string of the molecule is CCCCCCCCCCCCOC(=O)C(CCO)C(=O)OCCCCCCCCCCCC. The molecule has 0 aliphatic rings. The number of unbranched alkanes of at least 4 members (excludes halogenated alkanes) is 18. The Hall–Kier alpha value is -1.10. The van der Waals surface area contributed by atoms with Gasteiger partial charge in [-0.25, -0.2) is 0 Å². The zero-order valence-corrected chi connectivity index (χ0v) is 22.6. The van der Waals surface area contributed by atoms with Gasteiger partial charge in [0.05, 0.1) is 13.2 Å². The lowest BCUT2D eigenvalue weighted by molar-refractivity contribution is -0.163. The van der Waals surface area contributed by atoms with Crippen LogP contribution in [0.1, 0.15) is 149 Å². The number of hydrogen-bond donors (Lipinski definition) is 1. The van der Waals surface area contributed by atoms with E-state index in [-0.39, 0.29) is 13.0 Å². The maximum atomic E-state index is 12.3. The van der Waals surface area contributed by atoms with E-state index >= 15 is 0 Å². The van der Waals surface area contributed by atoms with Crippen molar-refractivity contribution in [3.8, 4) is 0 Å². The fourth-order valence-electron chi connectivity index (χ4n) is 4.19. The second-order valence-electron chi connectivity index (χ2n) is 9.76. The van der Waals surface area contributed by atoms with Crippen LogP contribution in [0, 0.1) is 5.92 Å². The van der Waals surface area contributed by atoms with E-state index in [4.69, 9.17) is 9.47 Å². The summed E-state index contributed by atoms with van der Waals surface area (Å²) in [4.78, 5) is 24.6. The fourth-order valence-corrected chi connectivity index (χ4v) is 4.19. The normalized spacial score (nSPS) is 11.2. The molecule has 0 unspecified atom stereocenters. The van der Waals surface area contributed by atoms with Gasteiger partial charge in [0.25, 0.3) is 0 Å². The van der Waals surface area contributed by atoms with Gasteiger partial charge < -0.3 is 14.6 Å². The summed E-state index contributed by atoms with van der Waals surface area (Å²) in [5.41, 5.74) is 0. The maximum absolute atomic E-state index is 12.3. The molecule has 0 spiro atoms. The zero-order valence-electron chi connectivity index (χ0n) is 22.6. The summed E-state index contributed by atoms with van der Waals surface area (Å²) in [6.45, 7) is 4.92. The van der Waals surface area contributed by atoms with Gasteiger partial charge in [-0.2, -0.15) is 0 Å². The predicted molar refractivity (Wildman–Crippen MR) is 141 cm³/mol. The first kappa shape index (κ1) is 32.9. The van der Waals surface area contributed by atoms with Gasteiger partial charge in [0.15, 0.2) is 5.92 Å². The fraction of sp³-hybridized carbons (Fsp3) is 0.931. The highest BCUT2D eigenvalue weighted by atomic mass is 16.6. The average molecular weight is 485 g/mol. The van der Waals surface area contributed by atoms with Gasteiger partial charge in [0.1, 0.15) is 0 Å². The number of aliphatic hydroxyl groups is 1. The largest absolute Gasteiger partial charge is 0.465 e. The number of hydrogen-bond acceptors (Lipinski definition) is 5. The molecule has 0 aliphatic carbocycles. The molecule has 0 bridgehead atoms. The molecule has 0 aliphatic heterocycles. The number of ether oxygens (including phenoxy) is 2. The van der Waals surface area contributed by atoms with Crippen LogP contribution in [0.2, 0.25) is 0 Å². The van der Waals surface area contributed by atoms with Crippen molar-refractivity contribution in [1.29, 1.82) is 0 Å². The predicted octanol–water partition coefficient (Wildman–Crippen LogP) is 7.91. The molecule has 0 radical (unpaired) electrons. The summed E-state index contributed by atoms with van der Waals surface area (Å²) >= 11 is 0. The minimum absolute atomic E-state index is 0.0632. The van der Waals surface area contributed by atoms with E-state index in [0.717, 1.165) is 38.5 Å². The maximum Gasteiger partial charge on any atom is 0.320 e. The molecule has 0 rings (SSSR count). The van der Waals surface area contributed by atoms with Gasteiger partial charge in [-0.1, -0.05) is 129 Å². The third kappa shape index (κ3) is 21.4. The summed E-state index contributed by atoms with van der Waals surface area (Å²) in [6, 6.07) is 0. The Morgan fingerprint density at radius 1 is 0.529 bits per heavy atom. The van der Waals surface area contributed by atoms with E-state index in [1.54, 1.807) is 0 Å². The molecule has 0 amide bonds. The number of carbonyl (C=O) groups excluding carboxylic acids is 2. The van der Waals surface area contributed by atoms with E-state index in [1.807, 2.05) is 0 Å². The molecule has 0 heterocycles. The molecule has 0 aromatic carbocycles. The Morgan fingerprint density at radius 3 is 1.12 bits per heavy atom. The van der Waals surface area contributed by atoms with E-state index in [9.17, 15) is 14.7 Å². The minimum Gasteiger partial charge on any atom is -0.465 e. The molecule has 0 saturated heterocycles. The highest BCUT2D eigenvalue weighted by Crippen LogP contribution is 2.14. The Morgan fingerprint density at radius 2 is 0.824 bits per heavy atom. The molecular formula is C29H56O5. The van der Waals surface area contributed by atoms with Crippen molar-refractivity contribution < 1.29 is 24.2 Å². The van der Waals surface area contributed by atoms with Crippen LogP contribution in [0.3, 0.4) is 0 Å². The standard InChI is InChI=1S/C29H56O5/c1-3-5-7-9-11-13-15-17-19-21-25-33-28(31)27(23-24-30)29(32)34-26-22-20-18-16-14-12-10-8-6-4-2/h27,30H,3-26H2,1-2H3. The van der Waals surface area contributed by atoms with Crippen molar-refractivity contribution in [3.63, 3.8) is 0 Å². The second kappa shape index (κ2) is 26.5. The van der Waals surface area contributed by atoms with Gasteiger partial charge in [-0.05, 0) is 19.3 Å². The average Bonchev–Trinajstić information content (AvgIpc) is 2.84. The van der Waals surface area contributed by atoms with E-state index in [2.05, 4.69) is 13.8 Å². The molecule has 5 nitrogen and oxygen atoms in total. The van der Waals surface area contributed by atoms with Crippen LogP contribution >= 0.6 is 0 Å². The van der Waals surface area contributed by atoms with E-state index in [1.165, 1.54) is 89.9 Å². The summed E-state index contributed by atoms with van der Waals surface area (Å²) in [5, 5.41) is 9.24. The van der Waals surface area contributed by atoms with Crippen LogP contribution in [0.25, 0.3) is 0 Å². The van der Waals surface area contributed by atoms with Crippen LogP contribution in [-0.4, -0.2) is 36.9 Å². The zero-order chi connectivity index (χ0) is 25.1. The van der Waals surface area contributed by atoms with Crippen molar-refractivity contribution in [3.05, 3.63) is 0 Å². The van der Waals surface area contributed by atoms with Crippen LogP contribution in [-0.2, 0) is 19.1 Å². The Labute approximate surface area is 210 Å². The summed E-state index contributed by atoms with van der Waals surface area (Å²) in [5.74, 6) is -2.12. The molecule has 34 heavy (non-hydrogen) atoms. The van der Waals surface area contributed by atoms with Crippen LogP contribution < -0.4 is 0 Å². The highest BCUT2D eigenvalue weighted by molar-refractivity contribution is 5.94. The van der Waals surface area contributed by atoms with Crippen LogP contribution in [0.5, 0.6) is 0 Å². The Bertz CT molecular complexity index is 414. The smallest absolute Gasteiger partial charge is 0.320 e. The number of esters is 2. The molecule has 0 fully saturated rings. The van der Waals surface area contributed by atoms with Gasteiger partial charge in [-0.15, -0.1) is 0 Å². The first-order chi connectivity index (χ1) is 16.7. The molecule has 202 valence electrons. The summed E-state index contributed by atoms with van der Waals surface area (Å²) < 4.78 is 10.6. The second-order valence-corrected chi connectivity index (χ2v) is 9.76. The first-order valence-corrected chi connectivity index (χ1v) is 14.6. The van der Waals surface area contributed by atoms with Gasteiger partial charge in [0.2, 0.25) is 0 Å². The highest BCUT2D eigenvalue weighted by Gasteiger charge is 2.29. The lowest BCUT2D eigenvalue weighted by Crippen LogP contribution is -2.29. The van der Waals surface area contributed by atoms with Crippen molar-refractivity contribution in [2.24, 2.45) is 5.92 Å². The number of aliphatic hydroxyl groups excluding tert-OH is 1. The van der Waals surface area contributed by atoms with Gasteiger partial charge in [-0.3, -0.25) is 9.59 Å². The van der Waals surface area contributed by atoms with Crippen molar-refractivity contribution in [1.82, 2.24) is 0 Å². The topological polar surface area (TPSA) is 72.8 Å². The lowest BCUT2D eigenvalue weighted by atomic mass is 10.1. The molecule has 0 saturated carbocycles. The summed E-state index contributed by atoms with van der Waals surface area (Å²) in [7, 11) is 0. The third-order valence-electron chi connectivity index (χ3n) is 6.47. The first-order valence-electron chi connectivity index (χ1n) is 14.6. The van der Waals surface area contributed by atoms with Crippen molar-refractivity contribution in [2.75, 3.05) is 19.8 Å². The third-order valence-corrected chi connectivity index (χ3v) is 6.47. The molecule has 1 N–H and O–H groups in total. The Kier molecular flexibility index (Phi) is 25.6. The van der Waals surface area contributed by atoms with Crippen molar-refractivity contribution in [2.45, 2.75) is 149 Å².